The van der Waals surface area contributed by atoms with Crippen molar-refractivity contribution >= 4 is 23.4 Å². The van der Waals surface area contributed by atoms with Gasteiger partial charge in [-0.1, -0.05) is 0 Å². The fourth-order valence-electron chi connectivity index (χ4n) is 1.31. The maximum Gasteiger partial charge on any atom is 0.230 e. The van der Waals surface area contributed by atoms with Crippen molar-refractivity contribution in [3.63, 3.8) is 0 Å². The smallest absolute Gasteiger partial charge is 0.230 e. The summed E-state index contributed by atoms with van der Waals surface area (Å²) in [6.07, 6.45) is 2.15. The van der Waals surface area contributed by atoms with Gasteiger partial charge in [-0.15, -0.1) is 11.8 Å². The number of carbonyl (C=O) groups is 1. The molecule has 0 heterocycles. The van der Waals surface area contributed by atoms with Crippen molar-refractivity contribution in [1.29, 1.82) is 0 Å². The van der Waals surface area contributed by atoms with Crippen molar-refractivity contribution in [3.05, 3.63) is 24.0 Å². The van der Waals surface area contributed by atoms with Crippen LogP contribution < -0.4 is 11.1 Å². The second-order valence-electron chi connectivity index (χ2n) is 3.85. The molecule has 0 spiro atoms. The fraction of sp³-hybridized carbons (Fsp3) is 0.364. The summed E-state index contributed by atoms with van der Waals surface area (Å²) in [5.74, 6) is -0.0696. The first-order chi connectivity index (χ1) is 7.63. The monoisotopic (exact) mass is 240 g/mol. The molecular weight excluding hydrogens is 227 g/mol. The lowest BCUT2D eigenvalue weighted by atomic mass is 10.3. The van der Waals surface area contributed by atoms with Crippen LogP contribution in [0.25, 0.3) is 0 Å². The highest BCUT2D eigenvalue weighted by atomic mass is 32.2. The minimum atomic E-state index is -0.370. The number of hydrogen-bond donors (Lipinski definition) is 2. The van der Waals surface area contributed by atoms with E-state index in [0.717, 1.165) is 12.8 Å². The SMILES string of the molecule is Nc1cc(F)cc(SCC(=O)NC2CC2)c1. The topological polar surface area (TPSA) is 55.1 Å². The van der Waals surface area contributed by atoms with Gasteiger partial charge in [0.1, 0.15) is 5.82 Å². The summed E-state index contributed by atoms with van der Waals surface area (Å²) in [7, 11) is 0. The first-order valence-electron chi connectivity index (χ1n) is 5.12. The van der Waals surface area contributed by atoms with Crippen LogP contribution in [0.2, 0.25) is 0 Å². The van der Waals surface area contributed by atoms with Gasteiger partial charge in [0, 0.05) is 16.6 Å². The van der Waals surface area contributed by atoms with Gasteiger partial charge in [-0.05, 0) is 31.0 Å². The maximum atomic E-state index is 13.0. The Morgan fingerprint density at radius 2 is 2.25 bits per heavy atom. The molecule has 5 heteroatoms. The van der Waals surface area contributed by atoms with Crippen molar-refractivity contribution in [1.82, 2.24) is 5.32 Å². The number of amides is 1. The van der Waals surface area contributed by atoms with Gasteiger partial charge in [0.15, 0.2) is 0 Å². The molecule has 86 valence electrons. The summed E-state index contributed by atoms with van der Waals surface area (Å²) >= 11 is 1.29. The van der Waals surface area contributed by atoms with Gasteiger partial charge < -0.3 is 11.1 Å². The van der Waals surface area contributed by atoms with Gasteiger partial charge in [0.2, 0.25) is 5.91 Å². The van der Waals surface area contributed by atoms with Gasteiger partial charge in [0.05, 0.1) is 5.75 Å². The molecule has 1 saturated carbocycles. The lowest BCUT2D eigenvalue weighted by Crippen LogP contribution is -2.26. The number of anilines is 1. The predicted molar refractivity (Wildman–Crippen MR) is 62.7 cm³/mol. The number of thioether (sulfide) groups is 1. The van der Waals surface area contributed by atoms with Gasteiger partial charge >= 0.3 is 0 Å². The van der Waals surface area contributed by atoms with E-state index in [2.05, 4.69) is 5.32 Å². The van der Waals surface area contributed by atoms with Crippen LogP contribution in [0, 0.1) is 5.82 Å². The molecule has 1 aliphatic carbocycles. The van der Waals surface area contributed by atoms with E-state index in [-0.39, 0.29) is 11.7 Å². The normalized spacial score (nSPS) is 14.8. The second kappa shape index (κ2) is 4.74. The van der Waals surface area contributed by atoms with Crippen LogP contribution in [0.5, 0.6) is 0 Å². The number of hydrogen-bond acceptors (Lipinski definition) is 3. The van der Waals surface area contributed by atoms with Crippen molar-refractivity contribution in [2.45, 2.75) is 23.8 Å². The Balaban J connectivity index is 1.85. The van der Waals surface area contributed by atoms with Crippen LogP contribution in [0.3, 0.4) is 0 Å². The minimum Gasteiger partial charge on any atom is -0.399 e. The summed E-state index contributed by atoms with van der Waals surface area (Å²) in [5, 5.41) is 2.87. The summed E-state index contributed by atoms with van der Waals surface area (Å²) in [6.45, 7) is 0. The first-order valence-corrected chi connectivity index (χ1v) is 6.10. The van der Waals surface area contributed by atoms with E-state index in [4.69, 9.17) is 5.73 Å². The Morgan fingerprint density at radius 1 is 1.50 bits per heavy atom. The van der Waals surface area contributed by atoms with Crippen LogP contribution >= 0.6 is 11.8 Å². The molecule has 1 amide bonds. The molecule has 0 aromatic heterocycles. The first kappa shape index (κ1) is 11.3. The number of halogens is 1. The fourth-order valence-corrected chi connectivity index (χ4v) is 2.11. The highest BCUT2D eigenvalue weighted by Crippen LogP contribution is 2.23. The molecule has 0 bridgehead atoms. The molecule has 3 nitrogen and oxygen atoms in total. The number of benzene rings is 1. The zero-order valence-corrected chi connectivity index (χ0v) is 9.52. The van der Waals surface area contributed by atoms with E-state index in [1.165, 1.54) is 23.9 Å². The molecule has 0 saturated heterocycles. The lowest BCUT2D eigenvalue weighted by Gasteiger charge is -2.04. The molecule has 3 N–H and O–H groups in total. The third kappa shape index (κ3) is 3.41. The number of carbonyl (C=O) groups excluding carboxylic acids is 1. The molecule has 1 aromatic rings. The quantitative estimate of drug-likeness (QED) is 0.623. The summed E-state index contributed by atoms with van der Waals surface area (Å²) in [5.41, 5.74) is 5.88. The number of nitrogens with one attached hydrogen (secondary N) is 1. The van der Waals surface area contributed by atoms with Crippen LogP contribution in [0.4, 0.5) is 10.1 Å². The third-order valence-corrected chi connectivity index (χ3v) is 3.18. The zero-order valence-electron chi connectivity index (χ0n) is 8.70. The standard InChI is InChI=1S/C11H13FN2OS/c12-7-3-8(13)5-10(4-7)16-6-11(15)14-9-1-2-9/h3-5,9H,1-2,6,13H2,(H,14,15). The Morgan fingerprint density at radius 3 is 2.88 bits per heavy atom. The predicted octanol–water partition coefficient (Wildman–Crippen LogP) is 1.78. The van der Waals surface area contributed by atoms with Crippen molar-refractivity contribution in [2.75, 3.05) is 11.5 Å². The molecule has 0 unspecified atom stereocenters. The summed E-state index contributed by atoms with van der Waals surface area (Å²) in [6, 6.07) is 4.67. The van der Waals surface area contributed by atoms with Crippen LogP contribution in [0.1, 0.15) is 12.8 Å². The summed E-state index contributed by atoms with van der Waals surface area (Å²) in [4.78, 5) is 12.1. The van der Waals surface area contributed by atoms with E-state index in [9.17, 15) is 9.18 Å². The third-order valence-electron chi connectivity index (χ3n) is 2.21. The van der Waals surface area contributed by atoms with Crippen molar-refractivity contribution < 1.29 is 9.18 Å². The molecule has 1 fully saturated rings. The van der Waals surface area contributed by atoms with Gasteiger partial charge in [-0.2, -0.15) is 0 Å². The Hall–Kier alpha value is -1.23. The Kier molecular flexibility index (Phi) is 3.33. The number of rotatable bonds is 4. The number of nitrogen functional groups attached to an aromatic ring is 1. The van der Waals surface area contributed by atoms with Crippen molar-refractivity contribution in [3.8, 4) is 0 Å². The molecule has 1 aliphatic rings. The van der Waals surface area contributed by atoms with E-state index < -0.39 is 0 Å². The summed E-state index contributed by atoms with van der Waals surface area (Å²) < 4.78 is 13.0. The molecule has 1 aromatic carbocycles. The van der Waals surface area contributed by atoms with Crippen LogP contribution in [-0.2, 0) is 4.79 Å². The molecule has 16 heavy (non-hydrogen) atoms. The van der Waals surface area contributed by atoms with Crippen LogP contribution in [0.15, 0.2) is 23.1 Å². The van der Waals surface area contributed by atoms with E-state index in [1.807, 2.05) is 0 Å². The Bertz CT molecular complexity index is 387. The van der Waals surface area contributed by atoms with Gasteiger partial charge in [0.25, 0.3) is 0 Å². The maximum absolute atomic E-state index is 13.0. The Labute approximate surface area is 97.6 Å². The van der Waals surface area contributed by atoms with E-state index >= 15 is 0 Å². The molecule has 2 rings (SSSR count). The minimum absolute atomic E-state index is 0.00432. The zero-order chi connectivity index (χ0) is 11.5. The van der Waals surface area contributed by atoms with Crippen molar-refractivity contribution in [2.24, 2.45) is 0 Å². The molecule has 0 radical (unpaired) electrons. The highest BCUT2D eigenvalue weighted by molar-refractivity contribution is 8.00. The average molecular weight is 240 g/mol. The van der Waals surface area contributed by atoms with Crippen LogP contribution in [-0.4, -0.2) is 17.7 Å². The molecular formula is C11H13FN2OS. The van der Waals surface area contributed by atoms with Gasteiger partial charge in [-0.3, -0.25) is 4.79 Å². The highest BCUT2D eigenvalue weighted by Gasteiger charge is 2.22. The average Bonchev–Trinajstić information content (AvgIpc) is 2.97. The van der Waals surface area contributed by atoms with E-state index in [1.54, 1.807) is 6.07 Å². The number of nitrogens with two attached hydrogens (primary N) is 1. The van der Waals surface area contributed by atoms with E-state index in [0.29, 0.717) is 22.4 Å². The second-order valence-corrected chi connectivity index (χ2v) is 4.90. The van der Waals surface area contributed by atoms with Gasteiger partial charge in [-0.25, -0.2) is 4.39 Å². The largest absolute Gasteiger partial charge is 0.399 e. The molecule has 0 aliphatic heterocycles. The lowest BCUT2D eigenvalue weighted by molar-refractivity contribution is -0.118. The molecule has 0 atom stereocenters.